The lowest BCUT2D eigenvalue weighted by Gasteiger charge is -2.28. The predicted molar refractivity (Wildman–Crippen MR) is 134 cm³/mol. The van der Waals surface area contributed by atoms with Crippen molar-refractivity contribution < 1.29 is 17.9 Å². The fourth-order valence-corrected chi connectivity index (χ4v) is 4.94. The second kappa shape index (κ2) is 10.9. The minimum Gasteiger partial charge on any atom is -0.378 e. The fraction of sp³-hybridized carbons (Fsp3) is 0.348. The summed E-state index contributed by atoms with van der Waals surface area (Å²) < 4.78 is 29.2. The topological polar surface area (TPSA) is 114 Å². The predicted octanol–water partition coefficient (Wildman–Crippen LogP) is 2.95. The Hall–Kier alpha value is -3.02. The molecule has 11 heteroatoms. The van der Waals surface area contributed by atoms with E-state index in [0.717, 1.165) is 12.0 Å². The number of morpholine rings is 1. The van der Waals surface area contributed by atoms with Gasteiger partial charge in [-0.05, 0) is 42.1 Å². The van der Waals surface area contributed by atoms with Gasteiger partial charge in [0.15, 0.2) is 15.7 Å². The van der Waals surface area contributed by atoms with Crippen LogP contribution in [0, 0.1) is 0 Å². The van der Waals surface area contributed by atoms with Gasteiger partial charge in [0, 0.05) is 48.1 Å². The maximum atomic E-state index is 12.2. The number of sulfone groups is 1. The summed E-state index contributed by atoms with van der Waals surface area (Å²) in [6, 6.07) is 12.7. The molecule has 1 aromatic carbocycles. The molecule has 9 nitrogen and oxygen atoms in total. The average Bonchev–Trinajstić information content (AvgIpc) is 3.32. The number of aromatic nitrogens is 2. The number of nitrogens with one attached hydrogen (secondary N) is 2. The number of hydrogen-bond donors (Lipinski definition) is 2. The molecule has 3 aromatic rings. The number of ether oxygens (including phenoxy) is 1. The van der Waals surface area contributed by atoms with Crippen molar-refractivity contribution in [2.45, 2.75) is 12.2 Å². The first-order valence-electron chi connectivity index (χ1n) is 10.9. The minimum atomic E-state index is -3.25. The first-order valence-corrected chi connectivity index (χ1v) is 13.9. The molecule has 0 atom stereocenters. The molecule has 0 spiro atoms. The van der Waals surface area contributed by atoms with E-state index in [0.29, 0.717) is 55.9 Å². The molecule has 2 amide bonds. The van der Waals surface area contributed by atoms with Crippen molar-refractivity contribution >= 4 is 38.7 Å². The Bertz CT molecular complexity index is 1210. The van der Waals surface area contributed by atoms with Crippen LogP contribution in [0.1, 0.15) is 10.6 Å². The van der Waals surface area contributed by atoms with Gasteiger partial charge in [-0.2, -0.15) is 0 Å². The lowest BCUT2D eigenvalue weighted by molar-refractivity contribution is 0.122. The summed E-state index contributed by atoms with van der Waals surface area (Å²) in [5, 5.41) is 7.68. The van der Waals surface area contributed by atoms with Crippen LogP contribution >= 0.6 is 11.3 Å². The van der Waals surface area contributed by atoms with Crippen LogP contribution in [0.2, 0.25) is 0 Å². The number of carbonyl (C=O) groups is 1. The van der Waals surface area contributed by atoms with Gasteiger partial charge in [0.05, 0.1) is 24.7 Å². The molecule has 0 aliphatic carbocycles. The number of carbonyl (C=O) groups excluding carboxylic acids is 1. The molecule has 34 heavy (non-hydrogen) atoms. The quantitative estimate of drug-likeness (QED) is 0.488. The number of hydrogen-bond acceptors (Lipinski definition) is 8. The number of nitrogens with zero attached hydrogens (tertiary/aromatic N) is 3. The Morgan fingerprint density at radius 2 is 1.91 bits per heavy atom. The van der Waals surface area contributed by atoms with Gasteiger partial charge in [-0.1, -0.05) is 6.07 Å². The zero-order chi connectivity index (χ0) is 24.0. The van der Waals surface area contributed by atoms with Crippen LogP contribution in [0.15, 0.2) is 47.8 Å². The molecule has 0 saturated carbocycles. The average molecular weight is 502 g/mol. The Morgan fingerprint density at radius 1 is 1.15 bits per heavy atom. The zero-order valence-electron chi connectivity index (χ0n) is 18.9. The Morgan fingerprint density at radius 3 is 2.59 bits per heavy atom. The third kappa shape index (κ3) is 6.99. The van der Waals surface area contributed by atoms with Gasteiger partial charge in [-0.3, -0.25) is 0 Å². The monoisotopic (exact) mass is 501 g/mol. The maximum absolute atomic E-state index is 12.2. The summed E-state index contributed by atoms with van der Waals surface area (Å²) in [6.07, 6.45) is 1.98. The van der Waals surface area contributed by atoms with Crippen LogP contribution in [0.4, 0.5) is 16.3 Å². The third-order valence-corrected chi connectivity index (χ3v) is 6.91. The van der Waals surface area contributed by atoms with Gasteiger partial charge in [-0.15, -0.1) is 11.3 Å². The number of benzene rings is 1. The van der Waals surface area contributed by atoms with Crippen LogP contribution in [-0.2, 0) is 26.7 Å². The highest BCUT2D eigenvalue weighted by molar-refractivity contribution is 7.89. The molecule has 180 valence electrons. The summed E-state index contributed by atoms with van der Waals surface area (Å²) >= 11 is 1.67. The maximum Gasteiger partial charge on any atom is 0.319 e. The molecule has 1 fully saturated rings. The van der Waals surface area contributed by atoms with Gasteiger partial charge in [0.25, 0.3) is 0 Å². The lowest BCUT2D eigenvalue weighted by Crippen LogP contribution is -2.37. The SMILES string of the molecule is CS(=O)(=O)Cc1cc(N2CCOCC2)nc(-c2ccc(NC(=O)NCCc3cccs3)cc2)n1. The van der Waals surface area contributed by atoms with Gasteiger partial charge in [-0.25, -0.2) is 23.2 Å². The van der Waals surface area contributed by atoms with E-state index in [9.17, 15) is 13.2 Å². The van der Waals surface area contributed by atoms with Gasteiger partial charge < -0.3 is 20.3 Å². The molecular formula is C23H27N5O4S2. The first-order chi connectivity index (χ1) is 16.4. The standard InChI is InChI=1S/C23H27N5O4S2/c1-34(30,31)16-19-15-21(28-10-12-32-13-11-28)27-22(25-19)17-4-6-18(7-5-17)26-23(29)24-9-8-20-3-2-14-33-20/h2-7,14-15H,8-13,16H2,1H3,(H2,24,26,29). The van der Waals surface area contributed by atoms with Crippen molar-refractivity contribution in [1.29, 1.82) is 0 Å². The van der Waals surface area contributed by atoms with E-state index in [4.69, 9.17) is 4.74 Å². The Labute approximate surface area is 203 Å². The number of amides is 2. The number of rotatable bonds is 8. The molecule has 3 heterocycles. The lowest BCUT2D eigenvalue weighted by atomic mass is 10.2. The third-order valence-electron chi connectivity index (χ3n) is 5.15. The highest BCUT2D eigenvalue weighted by atomic mass is 32.2. The molecule has 4 rings (SSSR count). The fourth-order valence-electron chi connectivity index (χ4n) is 3.54. The second-order valence-electron chi connectivity index (χ2n) is 8.00. The van der Waals surface area contributed by atoms with Crippen LogP contribution < -0.4 is 15.5 Å². The van der Waals surface area contributed by atoms with E-state index < -0.39 is 9.84 Å². The molecule has 1 saturated heterocycles. The van der Waals surface area contributed by atoms with Gasteiger partial charge in [0.2, 0.25) is 0 Å². The highest BCUT2D eigenvalue weighted by Gasteiger charge is 2.17. The van der Waals surface area contributed by atoms with Crippen molar-refractivity contribution in [3.05, 3.63) is 58.4 Å². The number of thiophene rings is 1. The van der Waals surface area contributed by atoms with Gasteiger partial charge in [0.1, 0.15) is 5.82 Å². The van der Waals surface area contributed by atoms with Crippen molar-refractivity contribution in [2.24, 2.45) is 0 Å². The molecule has 0 bridgehead atoms. The van der Waals surface area contributed by atoms with E-state index in [1.54, 1.807) is 29.5 Å². The summed E-state index contributed by atoms with van der Waals surface area (Å²) in [4.78, 5) is 24.6. The molecule has 0 radical (unpaired) electrons. The van der Waals surface area contributed by atoms with E-state index in [1.165, 1.54) is 11.1 Å². The van der Waals surface area contributed by atoms with E-state index in [-0.39, 0.29) is 11.8 Å². The van der Waals surface area contributed by atoms with Gasteiger partial charge >= 0.3 is 6.03 Å². The molecule has 1 aliphatic rings. The highest BCUT2D eigenvalue weighted by Crippen LogP contribution is 2.23. The first kappa shape index (κ1) is 24.1. The van der Waals surface area contributed by atoms with Crippen molar-refractivity contribution in [3.63, 3.8) is 0 Å². The number of urea groups is 1. The van der Waals surface area contributed by atoms with E-state index in [2.05, 4.69) is 25.5 Å². The van der Waals surface area contributed by atoms with Crippen LogP contribution in [0.5, 0.6) is 0 Å². The van der Waals surface area contributed by atoms with E-state index in [1.807, 2.05) is 29.6 Å². The molecule has 1 aliphatic heterocycles. The number of anilines is 2. The van der Waals surface area contributed by atoms with Crippen LogP contribution in [0.25, 0.3) is 11.4 Å². The van der Waals surface area contributed by atoms with E-state index >= 15 is 0 Å². The van der Waals surface area contributed by atoms with Crippen molar-refractivity contribution in [3.8, 4) is 11.4 Å². The van der Waals surface area contributed by atoms with Crippen molar-refractivity contribution in [2.75, 3.05) is 49.3 Å². The molecule has 2 aromatic heterocycles. The molecular weight excluding hydrogens is 474 g/mol. The minimum absolute atomic E-state index is 0.162. The second-order valence-corrected chi connectivity index (χ2v) is 11.2. The largest absolute Gasteiger partial charge is 0.378 e. The summed E-state index contributed by atoms with van der Waals surface area (Å²) in [5.74, 6) is 0.958. The Balaban J connectivity index is 1.45. The van der Waals surface area contributed by atoms with Crippen LogP contribution in [0.3, 0.4) is 0 Å². The summed E-state index contributed by atoms with van der Waals surface area (Å²) in [6.45, 7) is 3.10. The smallest absolute Gasteiger partial charge is 0.319 e. The van der Waals surface area contributed by atoms with Crippen LogP contribution in [-0.4, -0.2) is 63.5 Å². The normalized spacial score (nSPS) is 14.1. The zero-order valence-corrected chi connectivity index (χ0v) is 20.5. The Kier molecular flexibility index (Phi) is 7.76. The molecule has 2 N–H and O–H groups in total. The summed E-state index contributed by atoms with van der Waals surface area (Å²) in [7, 11) is -3.25. The van der Waals surface area contributed by atoms with Crippen molar-refractivity contribution in [1.82, 2.24) is 15.3 Å². The summed E-state index contributed by atoms with van der Waals surface area (Å²) in [5.41, 5.74) is 1.81. The molecule has 0 unspecified atom stereocenters.